The molecule has 1 aliphatic rings. The van der Waals surface area contributed by atoms with Crippen LogP contribution in [0.15, 0.2) is 78.5 Å². The standard InChI is InChI=1S/C27H27N3O4/c1-3-19(2)20-11-13-21(14-12-20)30-26(32)24(25(31)28-27(30)33)18-22-8-7-15-29(22)16-17-34-23-9-5-4-6-10-23/h4-15,18-19H,3,16-17H2,1-2H3,(H,28,31,33)/b24-18-/t19-/m0/s1. The van der Waals surface area contributed by atoms with Crippen LogP contribution >= 0.6 is 0 Å². The molecule has 0 unspecified atom stereocenters. The van der Waals surface area contributed by atoms with Gasteiger partial charge in [0, 0.05) is 11.9 Å². The van der Waals surface area contributed by atoms with Gasteiger partial charge in [-0.3, -0.25) is 14.9 Å². The highest BCUT2D eigenvalue weighted by Crippen LogP contribution is 2.25. The predicted octanol–water partition coefficient (Wildman–Crippen LogP) is 4.75. The number of imide groups is 2. The van der Waals surface area contributed by atoms with E-state index in [0.717, 1.165) is 22.6 Å². The first-order chi connectivity index (χ1) is 16.5. The molecule has 174 valence electrons. The average molecular weight is 458 g/mol. The lowest BCUT2D eigenvalue weighted by molar-refractivity contribution is -0.122. The van der Waals surface area contributed by atoms with Gasteiger partial charge in [0.25, 0.3) is 11.8 Å². The van der Waals surface area contributed by atoms with Crippen LogP contribution in [0.3, 0.4) is 0 Å². The number of para-hydroxylation sites is 1. The molecule has 2 aromatic carbocycles. The molecule has 1 fully saturated rings. The number of anilines is 1. The molecule has 4 amide bonds. The van der Waals surface area contributed by atoms with Crippen molar-refractivity contribution in [1.82, 2.24) is 9.88 Å². The first-order valence-electron chi connectivity index (χ1n) is 11.3. The molecule has 2 heterocycles. The molecule has 3 aromatic rings. The van der Waals surface area contributed by atoms with E-state index < -0.39 is 17.8 Å². The molecule has 1 saturated heterocycles. The van der Waals surface area contributed by atoms with Gasteiger partial charge >= 0.3 is 6.03 Å². The van der Waals surface area contributed by atoms with Crippen LogP contribution in [-0.4, -0.2) is 29.0 Å². The number of benzene rings is 2. The van der Waals surface area contributed by atoms with Crippen molar-refractivity contribution < 1.29 is 19.1 Å². The van der Waals surface area contributed by atoms with Crippen molar-refractivity contribution in [3.63, 3.8) is 0 Å². The number of barbiturate groups is 1. The van der Waals surface area contributed by atoms with Crippen LogP contribution in [-0.2, 0) is 16.1 Å². The highest BCUT2D eigenvalue weighted by atomic mass is 16.5. The second-order valence-electron chi connectivity index (χ2n) is 8.15. The zero-order chi connectivity index (χ0) is 24.1. The molecule has 0 spiro atoms. The average Bonchev–Trinajstić information content (AvgIpc) is 3.29. The lowest BCUT2D eigenvalue weighted by Crippen LogP contribution is -2.54. The van der Waals surface area contributed by atoms with E-state index in [2.05, 4.69) is 19.2 Å². The van der Waals surface area contributed by atoms with Gasteiger partial charge in [-0.1, -0.05) is 44.2 Å². The third kappa shape index (κ3) is 4.93. The molecular weight excluding hydrogens is 430 g/mol. The molecule has 1 aliphatic heterocycles. The van der Waals surface area contributed by atoms with E-state index in [-0.39, 0.29) is 5.57 Å². The van der Waals surface area contributed by atoms with Gasteiger partial charge in [0.15, 0.2) is 0 Å². The molecule has 1 aromatic heterocycles. The summed E-state index contributed by atoms with van der Waals surface area (Å²) >= 11 is 0. The van der Waals surface area contributed by atoms with E-state index in [0.29, 0.717) is 30.5 Å². The summed E-state index contributed by atoms with van der Waals surface area (Å²) < 4.78 is 7.64. The van der Waals surface area contributed by atoms with Gasteiger partial charge in [0.05, 0.1) is 12.2 Å². The fourth-order valence-corrected chi connectivity index (χ4v) is 3.77. The Balaban J connectivity index is 1.53. The smallest absolute Gasteiger partial charge is 0.335 e. The van der Waals surface area contributed by atoms with E-state index in [1.165, 1.54) is 6.08 Å². The van der Waals surface area contributed by atoms with Gasteiger partial charge in [-0.05, 0) is 60.4 Å². The second kappa shape index (κ2) is 10.2. The van der Waals surface area contributed by atoms with Crippen molar-refractivity contribution in [2.24, 2.45) is 0 Å². The molecule has 7 heteroatoms. The fraction of sp³-hybridized carbons (Fsp3) is 0.222. The van der Waals surface area contributed by atoms with Gasteiger partial charge in [-0.15, -0.1) is 0 Å². The van der Waals surface area contributed by atoms with Crippen LogP contribution in [0.4, 0.5) is 10.5 Å². The normalized spacial score (nSPS) is 16.0. The molecule has 1 N–H and O–H groups in total. The molecular formula is C27H27N3O4. The maximum Gasteiger partial charge on any atom is 0.335 e. The quantitative estimate of drug-likeness (QED) is 0.391. The number of nitrogens with zero attached hydrogens (tertiary/aromatic N) is 2. The number of carbonyl (C=O) groups excluding carboxylic acids is 3. The Hall–Kier alpha value is -4.13. The van der Waals surface area contributed by atoms with Gasteiger partial charge in [0.2, 0.25) is 0 Å². The summed E-state index contributed by atoms with van der Waals surface area (Å²) in [6, 6.07) is 19.6. The summed E-state index contributed by atoms with van der Waals surface area (Å²) in [7, 11) is 0. The summed E-state index contributed by atoms with van der Waals surface area (Å²) in [6.45, 7) is 5.17. The number of hydrogen-bond acceptors (Lipinski definition) is 4. The van der Waals surface area contributed by atoms with Crippen molar-refractivity contribution in [3.05, 3.63) is 89.8 Å². The molecule has 0 saturated carbocycles. The molecule has 7 nitrogen and oxygen atoms in total. The number of rotatable bonds is 8. The number of carbonyl (C=O) groups is 3. The largest absolute Gasteiger partial charge is 0.492 e. The van der Waals surface area contributed by atoms with Crippen LogP contribution in [0.1, 0.15) is 37.4 Å². The Labute approximate surface area is 198 Å². The Kier molecular flexibility index (Phi) is 6.92. The summed E-state index contributed by atoms with van der Waals surface area (Å²) in [5.74, 6) is -0.227. The van der Waals surface area contributed by atoms with E-state index >= 15 is 0 Å². The first kappa shape index (κ1) is 23.0. The number of urea groups is 1. The maximum absolute atomic E-state index is 13.2. The molecule has 0 aliphatic carbocycles. The Morgan fingerprint density at radius 2 is 1.71 bits per heavy atom. The van der Waals surface area contributed by atoms with Crippen LogP contribution in [0.5, 0.6) is 5.75 Å². The summed E-state index contributed by atoms with van der Waals surface area (Å²) in [5, 5.41) is 2.28. The molecule has 0 bridgehead atoms. The summed E-state index contributed by atoms with van der Waals surface area (Å²) in [5.41, 5.74) is 2.10. The molecule has 4 rings (SSSR count). The minimum atomic E-state index is -0.755. The van der Waals surface area contributed by atoms with Gasteiger partial charge < -0.3 is 9.30 Å². The van der Waals surface area contributed by atoms with E-state index in [1.807, 2.05) is 59.3 Å². The summed E-state index contributed by atoms with van der Waals surface area (Å²) in [4.78, 5) is 39.2. The number of aromatic nitrogens is 1. The molecule has 0 radical (unpaired) electrons. The van der Waals surface area contributed by atoms with Crippen molar-refractivity contribution in [1.29, 1.82) is 0 Å². The highest BCUT2D eigenvalue weighted by molar-refractivity contribution is 6.39. The predicted molar refractivity (Wildman–Crippen MR) is 131 cm³/mol. The number of amides is 4. The molecule has 1 atom stereocenters. The Morgan fingerprint density at radius 3 is 2.41 bits per heavy atom. The summed E-state index contributed by atoms with van der Waals surface area (Å²) in [6.07, 6.45) is 4.34. The minimum absolute atomic E-state index is 0.102. The van der Waals surface area contributed by atoms with Gasteiger partial charge in [-0.25, -0.2) is 9.69 Å². The third-order valence-electron chi connectivity index (χ3n) is 5.94. The topological polar surface area (TPSA) is 80.6 Å². The second-order valence-corrected chi connectivity index (χ2v) is 8.15. The fourth-order valence-electron chi connectivity index (χ4n) is 3.77. The van der Waals surface area contributed by atoms with Crippen molar-refractivity contribution in [2.45, 2.75) is 32.7 Å². The van der Waals surface area contributed by atoms with Crippen molar-refractivity contribution >= 4 is 29.6 Å². The van der Waals surface area contributed by atoms with Crippen molar-refractivity contribution in [3.8, 4) is 5.75 Å². The molecule has 34 heavy (non-hydrogen) atoms. The number of nitrogens with one attached hydrogen (secondary N) is 1. The highest BCUT2D eigenvalue weighted by Gasteiger charge is 2.37. The monoisotopic (exact) mass is 457 g/mol. The third-order valence-corrected chi connectivity index (χ3v) is 5.94. The van der Waals surface area contributed by atoms with E-state index in [4.69, 9.17) is 4.74 Å². The number of ether oxygens (including phenoxy) is 1. The van der Waals surface area contributed by atoms with Crippen LogP contribution in [0, 0.1) is 0 Å². The first-order valence-corrected chi connectivity index (χ1v) is 11.3. The van der Waals surface area contributed by atoms with Gasteiger partial charge in [0.1, 0.15) is 17.9 Å². The maximum atomic E-state index is 13.2. The zero-order valence-electron chi connectivity index (χ0n) is 19.2. The lowest BCUT2D eigenvalue weighted by Gasteiger charge is -2.26. The van der Waals surface area contributed by atoms with Crippen LogP contribution in [0.2, 0.25) is 0 Å². The number of hydrogen-bond donors (Lipinski definition) is 1. The zero-order valence-corrected chi connectivity index (χ0v) is 19.2. The Morgan fingerprint density at radius 1 is 0.971 bits per heavy atom. The van der Waals surface area contributed by atoms with Crippen LogP contribution < -0.4 is 15.0 Å². The SMILES string of the molecule is CC[C@H](C)c1ccc(N2C(=O)NC(=O)/C(=C/c3cccn3CCOc3ccccc3)C2=O)cc1. The van der Waals surface area contributed by atoms with E-state index in [9.17, 15) is 14.4 Å². The van der Waals surface area contributed by atoms with Gasteiger partial charge in [-0.2, -0.15) is 0 Å². The van der Waals surface area contributed by atoms with Crippen LogP contribution in [0.25, 0.3) is 6.08 Å². The minimum Gasteiger partial charge on any atom is -0.492 e. The Bertz CT molecular complexity index is 1210. The van der Waals surface area contributed by atoms with Crippen molar-refractivity contribution in [2.75, 3.05) is 11.5 Å². The lowest BCUT2D eigenvalue weighted by atomic mass is 9.98. The van der Waals surface area contributed by atoms with E-state index in [1.54, 1.807) is 18.2 Å².